The summed E-state index contributed by atoms with van der Waals surface area (Å²) in [6.07, 6.45) is 0.713. The van der Waals surface area contributed by atoms with Crippen molar-refractivity contribution in [3.05, 3.63) is 61.5 Å². The summed E-state index contributed by atoms with van der Waals surface area (Å²) in [6, 6.07) is 11.3. The average Bonchev–Trinajstić information content (AvgIpc) is 2.69. The number of ether oxygens (including phenoxy) is 1. The summed E-state index contributed by atoms with van der Waals surface area (Å²) in [4.78, 5) is 27.9. The van der Waals surface area contributed by atoms with Crippen LogP contribution in [-0.4, -0.2) is 54.8 Å². The lowest BCUT2D eigenvalue weighted by Gasteiger charge is -2.34. The normalized spacial score (nSPS) is 14.8. The molecule has 1 fully saturated rings. The SMILES string of the molecule is O=Cc1cc(Br)cc(Br)c1OCC(=O)N1CCN(Cc2ccc(Cl)cc2)CC1. The second-order valence-corrected chi connectivity index (χ2v) is 8.70. The molecule has 0 N–H and O–H groups in total. The molecule has 0 aromatic heterocycles. The van der Waals surface area contributed by atoms with E-state index in [0.717, 1.165) is 29.1 Å². The summed E-state index contributed by atoms with van der Waals surface area (Å²) in [6.45, 7) is 3.64. The van der Waals surface area contributed by atoms with Crippen molar-refractivity contribution in [3.63, 3.8) is 0 Å². The molecule has 0 unspecified atom stereocenters. The first-order chi connectivity index (χ1) is 13.5. The van der Waals surface area contributed by atoms with Crippen LogP contribution < -0.4 is 4.74 Å². The molecule has 148 valence electrons. The summed E-state index contributed by atoms with van der Waals surface area (Å²) in [5.41, 5.74) is 1.59. The van der Waals surface area contributed by atoms with Crippen LogP contribution in [0, 0.1) is 0 Å². The maximum atomic E-state index is 12.5. The Hall–Kier alpha value is -1.41. The molecule has 0 atom stereocenters. The van der Waals surface area contributed by atoms with Crippen LogP contribution in [0.25, 0.3) is 0 Å². The third-order valence-corrected chi connectivity index (χ3v) is 5.85. The third-order valence-electron chi connectivity index (χ3n) is 4.55. The van der Waals surface area contributed by atoms with Gasteiger partial charge in [0.1, 0.15) is 5.75 Å². The van der Waals surface area contributed by atoms with Gasteiger partial charge in [-0.25, -0.2) is 0 Å². The topological polar surface area (TPSA) is 49.9 Å². The van der Waals surface area contributed by atoms with Gasteiger partial charge in [-0.1, -0.05) is 39.7 Å². The van der Waals surface area contributed by atoms with Crippen LogP contribution in [0.4, 0.5) is 0 Å². The Morgan fingerprint density at radius 1 is 1.11 bits per heavy atom. The largest absolute Gasteiger partial charge is 0.482 e. The van der Waals surface area contributed by atoms with E-state index in [2.05, 4.69) is 36.8 Å². The van der Waals surface area contributed by atoms with E-state index in [-0.39, 0.29) is 12.5 Å². The first-order valence-electron chi connectivity index (χ1n) is 8.78. The second-order valence-electron chi connectivity index (χ2n) is 6.50. The molecule has 28 heavy (non-hydrogen) atoms. The molecule has 0 spiro atoms. The van der Waals surface area contributed by atoms with Gasteiger partial charge >= 0.3 is 0 Å². The number of hydrogen-bond donors (Lipinski definition) is 0. The fourth-order valence-corrected chi connectivity index (χ4v) is 4.55. The van der Waals surface area contributed by atoms with Crippen LogP contribution in [0.3, 0.4) is 0 Å². The average molecular weight is 531 g/mol. The number of hydrogen-bond acceptors (Lipinski definition) is 4. The van der Waals surface area contributed by atoms with Crippen molar-refractivity contribution in [2.45, 2.75) is 6.54 Å². The Bertz CT molecular complexity index is 853. The number of piperazine rings is 1. The lowest BCUT2D eigenvalue weighted by molar-refractivity contribution is -0.135. The van der Waals surface area contributed by atoms with Crippen LogP contribution in [0.1, 0.15) is 15.9 Å². The Morgan fingerprint density at radius 3 is 2.43 bits per heavy atom. The minimum Gasteiger partial charge on any atom is -0.482 e. The molecular formula is C20H19Br2ClN2O3. The van der Waals surface area contributed by atoms with Crippen LogP contribution >= 0.6 is 43.5 Å². The monoisotopic (exact) mass is 528 g/mol. The molecule has 1 aliphatic heterocycles. The molecule has 1 amide bonds. The zero-order chi connectivity index (χ0) is 20.1. The minimum atomic E-state index is -0.0990. The highest BCUT2D eigenvalue weighted by atomic mass is 79.9. The molecule has 3 rings (SSSR count). The van der Waals surface area contributed by atoms with Gasteiger partial charge in [0.15, 0.2) is 12.9 Å². The van der Waals surface area contributed by atoms with Crippen molar-refractivity contribution in [2.75, 3.05) is 32.8 Å². The minimum absolute atomic E-state index is 0.0854. The summed E-state index contributed by atoms with van der Waals surface area (Å²) in [7, 11) is 0. The van der Waals surface area contributed by atoms with E-state index in [9.17, 15) is 9.59 Å². The Kier molecular flexibility index (Phi) is 7.51. The van der Waals surface area contributed by atoms with Crippen LogP contribution in [-0.2, 0) is 11.3 Å². The smallest absolute Gasteiger partial charge is 0.260 e. The zero-order valence-electron chi connectivity index (χ0n) is 15.0. The molecule has 2 aromatic carbocycles. The van der Waals surface area contributed by atoms with E-state index in [1.165, 1.54) is 5.56 Å². The highest BCUT2D eigenvalue weighted by Gasteiger charge is 2.22. The van der Waals surface area contributed by atoms with Crippen LogP contribution in [0.5, 0.6) is 5.75 Å². The van der Waals surface area contributed by atoms with Gasteiger partial charge < -0.3 is 9.64 Å². The van der Waals surface area contributed by atoms with Crippen molar-refractivity contribution in [1.82, 2.24) is 9.80 Å². The van der Waals surface area contributed by atoms with Gasteiger partial charge in [-0.3, -0.25) is 14.5 Å². The maximum absolute atomic E-state index is 12.5. The third kappa shape index (κ3) is 5.56. The van der Waals surface area contributed by atoms with Crippen molar-refractivity contribution in [2.24, 2.45) is 0 Å². The zero-order valence-corrected chi connectivity index (χ0v) is 19.0. The van der Waals surface area contributed by atoms with Gasteiger partial charge in [-0.15, -0.1) is 0 Å². The number of nitrogens with zero attached hydrogens (tertiary/aromatic N) is 2. The summed E-state index contributed by atoms with van der Waals surface area (Å²) in [5, 5.41) is 0.731. The highest BCUT2D eigenvalue weighted by Crippen LogP contribution is 2.32. The van der Waals surface area contributed by atoms with Crippen molar-refractivity contribution in [3.8, 4) is 5.75 Å². The van der Waals surface area contributed by atoms with E-state index in [1.54, 1.807) is 17.0 Å². The number of amides is 1. The van der Waals surface area contributed by atoms with E-state index in [0.29, 0.717) is 35.2 Å². The summed E-state index contributed by atoms with van der Waals surface area (Å²) >= 11 is 12.6. The number of carbonyl (C=O) groups excluding carboxylic acids is 2. The van der Waals surface area contributed by atoms with Gasteiger partial charge in [-0.05, 0) is 45.8 Å². The number of halogens is 3. The summed E-state index contributed by atoms with van der Waals surface area (Å²) < 4.78 is 7.04. The quantitative estimate of drug-likeness (QED) is 0.520. The predicted molar refractivity (Wildman–Crippen MR) is 116 cm³/mol. The molecule has 0 bridgehead atoms. The highest BCUT2D eigenvalue weighted by molar-refractivity contribution is 9.11. The number of benzene rings is 2. The van der Waals surface area contributed by atoms with Crippen molar-refractivity contribution < 1.29 is 14.3 Å². The van der Waals surface area contributed by atoms with E-state index in [1.807, 2.05) is 24.3 Å². The Labute approximate surface area is 185 Å². The molecular weight excluding hydrogens is 511 g/mol. The lowest BCUT2D eigenvalue weighted by atomic mass is 10.2. The maximum Gasteiger partial charge on any atom is 0.260 e. The van der Waals surface area contributed by atoms with Gasteiger partial charge in [0.25, 0.3) is 5.91 Å². The molecule has 0 radical (unpaired) electrons. The fourth-order valence-electron chi connectivity index (χ4n) is 3.05. The summed E-state index contributed by atoms with van der Waals surface area (Å²) in [5.74, 6) is 0.297. The molecule has 0 aliphatic carbocycles. The van der Waals surface area contributed by atoms with Crippen molar-refractivity contribution >= 4 is 55.7 Å². The molecule has 2 aromatic rings. The van der Waals surface area contributed by atoms with Gasteiger partial charge in [0.2, 0.25) is 0 Å². The van der Waals surface area contributed by atoms with Crippen LogP contribution in [0.15, 0.2) is 45.3 Å². The molecule has 1 aliphatic rings. The fraction of sp³-hybridized carbons (Fsp3) is 0.300. The number of rotatable bonds is 6. The van der Waals surface area contributed by atoms with E-state index < -0.39 is 0 Å². The predicted octanol–water partition coefficient (Wildman–Crippen LogP) is 4.40. The molecule has 5 nitrogen and oxygen atoms in total. The number of carbonyl (C=O) groups is 2. The Morgan fingerprint density at radius 2 is 1.79 bits per heavy atom. The molecule has 1 heterocycles. The van der Waals surface area contributed by atoms with E-state index in [4.69, 9.17) is 16.3 Å². The van der Waals surface area contributed by atoms with Gasteiger partial charge in [0, 0.05) is 42.2 Å². The van der Waals surface area contributed by atoms with Crippen molar-refractivity contribution in [1.29, 1.82) is 0 Å². The molecule has 0 saturated carbocycles. The van der Waals surface area contributed by atoms with Crippen LogP contribution in [0.2, 0.25) is 5.02 Å². The first-order valence-corrected chi connectivity index (χ1v) is 10.7. The standard InChI is InChI=1S/C20H19Br2ClN2O3/c21-16-9-15(12-26)20(18(22)10-16)28-13-19(27)25-7-5-24(6-8-25)11-14-1-3-17(23)4-2-14/h1-4,9-10,12H,5-8,11,13H2. The first kappa shape index (κ1) is 21.3. The molecule has 1 saturated heterocycles. The van der Waals surface area contributed by atoms with Gasteiger partial charge in [-0.2, -0.15) is 0 Å². The molecule has 8 heteroatoms. The Balaban J connectivity index is 1.50. The lowest BCUT2D eigenvalue weighted by Crippen LogP contribution is -2.49. The van der Waals surface area contributed by atoms with Gasteiger partial charge in [0.05, 0.1) is 10.0 Å². The number of aldehydes is 1. The second kappa shape index (κ2) is 9.87. The van der Waals surface area contributed by atoms with E-state index >= 15 is 0 Å².